The Hall–Kier alpha value is -3.28. The van der Waals surface area contributed by atoms with Crippen molar-refractivity contribution >= 4 is 23.6 Å². The molecular formula is C17H16N2O4. The minimum absolute atomic E-state index is 0.00998. The average molecular weight is 312 g/mol. The van der Waals surface area contributed by atoms with Crippen LogP contribution >= 0.6 is 0 Å². The van der Waals surface area contributed by atoms with Crippen molar-refractivity contribution in [3.8, 4) is 11.5 Å². The van der Waals surface area contributed by atoms with Crippen molar-refractivity contribution in [2.24, 2.45) is 5.73 Å². The van der Waals surface area contributed by atoms with E-state index in [1.807, 2.05) is 0 Å². The maximum atomic E-state index is 11.9. The molecular weight excluding hydrogens is 296 g/mol. The minimum atomic E-state index is -0.564. The summed E-state index contributed by atoms with van der Waals surface area (Å²) < 4.78 is 4.94. The molecule has 6 nitrogen and oxygen atoms in total. The quantitative estimate of drug-likeness (QED) is 0.736. The molecule has 2 aromatic carbocycles. The summed E-state index contributed by atoms with van der Waals surface area (Å²) >= 11 is 0. The Morgan fingerprint density at radius 2 is 2.00 bits per heavy atom. The summed E-state index contributed by atoms with van der Waals surface area (Å²) in [7, 11) is 1.46. The highest BCUT2D eigenvalue weighted by atomic mass is 16.5. The number of primary amides is 1. The first-order chi connectivity index (χ1) is 11.0. The molecule has 118 valence electrons. The lowest BCUT2D eigenvalue weighted by Gasteiger charge is -2.04. The minimum Gasteiger partial charge on any atom is -0.504 e. The van der Waals surface area contributed by atoms with Gasteiger partial charge in [-0.05, 0) is 42.0 Å². The highest BCUT2D eigenvalue weighted by Gasteiger charge is 2.04. The molecule has 0 saturated carbocycles. The first-order valence-electron chi connectivity index (χ1n) is 6.75. The van der Waals surface area contributed by atoms with E-state index in [1.165, 1.54) is 25.3 Å². The summed E-state index contributed by atoms with van der Waals surface area (Å²) in [6.45, 7) is 0. The third kappa shape index (κ3) is 4.34. The molecule has 0 unspecified atom stereocenters. The van der Waals surface area contributed by atoms with Gasteiger partial charge in [0.15, 0.2) is 11.5 Å². The summed E-state index contributed by atoms with van der Waals surface area (Å²) in [6, 6.07) is 11.1. The molecule has 2 rings (SSSR count). The van der Waals surface area contributed by atoms with E-state index in [4.69, 9.17) is 10.5 Å². The second-order valence-electron chi connectivity index (χ2n) is 4.70. The van der Waals surface area contributed by atoms with Gasteiger partial charge in [-0.1, -0.05) is 12.1 Å². The number of hydrogen-bond acceptors (Lipinski definition) is 4. The van der Waals surface area contributed by atoms with Gasteiger partial charge in [0.05, 0.1) is 7.11 Å². The number of ether oxygens (including phenoxy) is 1. The van der Waals surface area contributed by atoms with E-state index in [-0.39, 0.29) is 11.7 Å². The topological polar surface area (TPSA) is 102 Å². The summed E-state index contributed by atoms with van der Waals surface area (Å²) in [5.74, 6) is -0.591. The Morgan fingerprint density at radius 1 is 1.22 bits per heavy atom. The van der Waals surface area contributed by atoms with Crippen molar-refractivity contribution < 1.29 is 19.4 Å². The number of benzene rings is 2. The molecule has 0 atom stereocenters. The Labute approximate surface area is 133 Å². The molecule has 0 heterocycles. The fourth-order valence-corrected chi connectivity index (χ4v) is 1.92. The van der Waals surface area contributed by atoms with E-state index in [0.29, 0.717) is 22.6 Å². The number of hydrogen-bond donors (Lipinski definition) is 3. The lowest BCUT2D eigenvalue weighted by atomic mass is 10.1. The number of phenols is 1. The zero-order valence-corrected chi connectivity index (χ0v) is 12.4. The first kappa shape index (κ1) is 16.1. The maximum Gasteiger partial charge on any atom is 0.248 e. The lowest BCUT2D eigenvalue weighted by molar-refractivity contribution is -0.111. The van der Waals surface area contributed by atoms with Crippen LogP contribution in [-0.2, 0) is 4.79 Å². The number of carbonyl (C=O) groups is 2. The van der Waals surface area contributed by atoms with Crippen LogP contribution in [0, 0.1) is 0 Å². The van der Waals surface area contributed by atoms with E-state index < -0.39 is 5.91 Å². The van der Waals surface area contributed by atoms with Crippen LogP contribution in [0.3, 0.4) is 0 Å². The normalized spacial score (nSPS) is 10.5. The Balaban J connectivity index is 2.05. The number of methoxy groups -OCH3 is 1. The Morgan fingerprint density at radius 3 is 2.65 bits per heavy atom. The van der Waals surface area contributed by atoms with Gasteiger partial charge in [0.25, 0.3) is 0 Å². The predicted octanol–water partition coefficient (Wildman–Crippen LogP) is 2.15. The zero-order chi connectivity index (χ0) is 16.8. The monoisotopic (exact) mass is 312 g/mol. The Bertz CT molecular complexity index is 769. The SMILES string of the molecule is COc1ccc(/C=C/C(=O)Nc2cccc(C(N)=O)c2)cc1O. The van der Waals surface area contributed by atoms with Crippen LogP contribution in [0.2, 0.25) is 0 Å². The van der Waals surface area contributed by atoms with Gasteiger partial charge < -0.3 is 20.9 Å². The van der Waals surface area contributed by atoms with Crippen LogP contribution in [-0.4, -0.2) is 24.0 Å². The summed E-state index contributed by atoms with van der Waals surface area (Å²) in [5.41, 5.74) is 6.61. The highest BCUT2D eigenvalue weighted by molar-refractivity contribution is 6.03. The molecule has 0 aliphatic rings. The van der Waals surface area contributed by atoms with Crippen LogP contribution in [0.1, 0.15) is 15.9 Å². The molecule has 0 fully saturated rings. The predicted molar refractivity (Wildman–Crippen MR) is 87.3 cm³/mol. The number of amides is 2. The lowest BCUT2D eigenvalue weighted by Crippen LogP contribution is -2.12. The standard InChI is InChI=1S/C17H16N2O4/c1-23-15-7-5-11(9-14(15)20)6-8-16(21)19-13-4-2-3-12(10-13)17(18)22/h2-10,20H,1H3,(H2,18,22)(H,19,21)/b8-6+. The number of phenolic OH excluding ortho intramolecular Hbond substituents is 1. The van der Waals surface area contributed by atoms with Gasteiger partial charge in [-0.3, -0.25) is 9.59 Å². The van der Waals surface area contributed by atoms with Gasteiger partial charge in [0.1, 0.15) is 0 Å². The fourth-order valence-electron chi connectivity index (χ4n) is 1.92. The van der Waals surface area contributed by atoms with E-state index in [1.54, 1.807) is 36.4 Å². The van der Waals surface area contributed by atoms with E-state index in [2.05, 4.69) is 5.32 Å². The van der Waals surface area contributed by atoms with Gasteiger partial charge in [0.2, 0.25) is 11.8 Å². The van der Waals surface area contributed by atoms with Gasteiger partial charge in [-0.15, -0.1) is 0 Å². The van der Waals surface area contributed by atoms with Crippen molar-refractivity contribution in [3.63, 3.8) is 0 Å². The molecule has 0 aromatic heterocycles. The van der Waals surface area contributed by atoms with Gasteiger partial charge in [-0.25, -0.2) is 0 Å². The van der Waals surface area contributed by atoms with Crippen LogP contribution in [0.5, 0.6) is 11.5 Å². The smallest absolute Gasteiger partial charge is 0.248 e. The summed E-state index contributed by atoms with van der Waals surface area (Å²) in [6.07, 6.45) is 2.87. The molecule has 0 radical (unpaired) electrons. The molecule has 4 N–H and O–H groups in total. The number of nitrogens with one attached hydrogen (secondary N) is 1. The van der Waals surface area contributed by atoms with Crippen molar-refractivity contribution in [1.82, 2.24) is 0 Å². The third-order valence-electron chi connectivity index (χ3n) is 3.04. The fraction of sp³-hybridized carbons (Fsp3) is 0.0588. The average Bonchev–Trinajstić information content (AvgIpc) is 2.53. The van der Waals surface area contributed by atoms with E-state index in [9.17, 15) is 14.7 Å². The third-order valence-corrected chi connectivity index (χ3v) is 3.04. The van der Waals surface area contributed by atoms with Gasteiger partial charge in [0, 0.05) is 17.3 Å². The van der Waals surface area contributed by atoms with Crippen molar-refractivity contribution in [2.75, 3.05) is 12.4 Å². The Kier molecular flexibility index (Phi) is 4.99. The molecule has 23 heavy (non-hydrogen) atoms. The number of rotatable bonds is 5. The van der Waals surface area contributed by atoms with Crippen LogP contribution in [0.15, 0.2) is 48.5 Å². The molecule has 0 saturated heterocycles. The van der Waals surface area contributed by atoms with Crippen LogP contribution < -0.4 is 15.8 Å². The van der Waals surface area contributed by atoms with Gasteiger partial charge >= 0.3 is 0 Å². The van der Waals surface area contributed by atoms with E-state index in [0.717, 1.165) is 0 Å². The molecule has 0 spiro atoms. The molecule has 2 aromatic rings. The number of carbonyl (C=O) groups excluding carboxylic acids is 2. The zero-order valence-electron chi connectivity index (χ0n) is 12.4. The molecule has 2 amide bonds. The second kappa shape index (κ2) is 7.13. The van der Waals surface area contributed by atoms with Crippen molar-refractivity contribution in [1.29, 1.82) is 0 Å². The van der Waals surface area contributed by atoms with Crippen molar-refractivity contribution in [3.05, 3.63) is 59.7 Å². The van der Waals surface area contributed by atoms with Crippen LogP contribution in [0.4, 0.5) is 5.69 Å². The number of anilines is 1. The molecule has 0 aliphatic carbocycles. The van der Waals surface area contributed by atoms with Gasteiger partial charge in [-0.2, -0.15) is 0 Å². The number of nitrogens with two attached hydrogens (primary N) is 1. The number of aromatic hydroxyl groups is 1. The van der Waals surface area contributed by atoms with Crippen LogP contribution in [0.25, 0.3) is 6.08 Å². The first-order valence-corrected chi connectivity index (χ1v) is 6.75. The summed E-state index contributed by atoms with van der Waals surface area (Å²) in [4.78, 5) is 23.0. The molecule has 0 aliphatic heterocycles. The highest BCUT2D eigenvalue weighted by Crippen LogP contribution is 2.26. The molecule has 6 heteroatoms. The van der Waals surface area contributed by atoms with Crippen molar-refractivity contribution in [2.45, 2.75) is 0 Å². The molecule has 0 bridgehead atoms. The second-order valence-corrected chi connectivity index (χ2v) is 4.70. The van der Waals surface area contributed by atoms with E-state index >= 15 is 0 Å². The maximum absolute atomic E-state index is 11.9. The summed E-state index contributed by atoms with van der Waals surface area (Å²) in [5, 5.41) is 12.3. The largest absolute Gasteiger partial charge is 0.504 e.